The highest BCUT2D eigenvalue weighted by Crippen LogP contribution is 2.37. The molecule has 0 saturated heterocycles. The largest absolute Gasteiger partial charge is 0.493 e. The van der Waals surface area contributed by atoms with E-state index >= 15 is 0 Å². The lowest BCUT2D eigenvalue weighted by molar-refractivity contribution is 0.174. The molecule has 0 spiro atoms. The number of nitrogens with one attached hydrogen (secondary N) is 3. The van der Waals surface area contributed by atoms with E-state index in [0.717, 1.165) is 24.0 Å². The van der Waals surface area contributed by atoms with Gasteiger partial charge in [-0.05, 0) is 59.9 Å². The first-order valence-corrected chi connectivity index (χ1v) is 12.2. The van der Waals surface area contributed by atoms with Crippen molar-refractivity contribution in [3.63, 3.8) is 0 Å². The van der Waals surface area contributed by atoms with Crippen molar-refractivity contribution in [3.05, 3.63) is 81.0 Å². The van der Waals surface area contributed by atoms with Gasteiger partial charge in [0.15, 0.2) is 17.1 Å². The van der Waals surface area contributed by atoms with Crippen LogP contribution in [0.1, 0.15) is 24.1 Å². The van der Waals surface area contributed by atoms with Crippen molar-refractivity contribution >= 4 is 17.7 Å². The maximum absolute atomic E-state index is 14.3. The molecule has 1 saturated carbocycles. The first-order chi connectivity index (χ1) is 19.0. The number of rotatable bonds is 6. The van der Waals surface area contributed by atoms with Crippen LogP contribution in [0.2, 0.25) is 0 Å². The van der Waals surface area contributed by atoms with Crippen molar-refractivity contribution in [1.82, 2.24) is 29.5 Å². The number of hydrogen-bond donors (Lipinski definition) is 4. The summed E-state index contributed by atoms with van der Waals surface area (Å²) in [6, 6.07) is 10.2. The molecular formula is C26H21FN8O4. The molecule has 3 aromatic heterocycles. The van der Waals surface area contributed by atoms with Gasteiger partial charge in [-0.2, -0.15) is 19.6 Å². The minimum atomic E-state index is -0.533. The zero-order valence-corrected chi connectivity index (χ0v) is 20.3. The van der Waals surface area contributed by atoms with Gasteiger partial charge >= 0.3 is 5.69 Å². The number of halogens is 1. The number of fused-ring (bicyclic) bond motifs is 2. The zero-order valence-electron chi connectivity index (χ0n) is 20.3. The molecule has 0 amide bonds. The normalized spacial score (nSPS) is 15.4. The predicted molar refractivity (Wildman–Crippen MR) is 137 cm³/mol. The highest BCUT2D eigenvalue weighted by molar-refractivity contribution is 5.71. The van der Waals surface area contributed by atoms with E-state index in [1.807, 2.05) is 12.1 Å². The van der Waals surface area contributed by atoms with E-state index in [0.29, 0.717) is 46.0 Å². The Hall–Kier alpha value is -5.20. The van der Waals surface area contributed by atoms with Crippen molar-refractivity contribution in [1.29, 1.82) is 0 Å². The minimum Gasteiger partial charge on any atom is -0.493 e. The second-order valence-corrected chi connectivity index (χ2v) is 9.25. The highest BCUT2D eigenvalue weighted by atomic mass is 19.1. The van der Waals surface area contributed by atoms with E-state index in [1.54, 1.807) is 24.4 Å². The minimum absolute atomic E-state index is 0.151. The second kappa shape index (κ2) is 8.97. The number of anilines is 1. The first kappa shape index (κ1) is 23.0. The van der Waals surface area contributed by atoms with E-state index in [9.17, 15) is 14.3 Å². The molecule has 5 aromatic rings. The highest BCUT2D eigenvalue weighted by Gasteiger charge is 2.21. The third kappa shape index (κ3) is 4.43. The number of aromatic nitrogens is 6. The number of aromatic hydroxyl groups is 1. The van der Waals surface area contributed by atoms with Gasteiger partial charge in [-0.1, -0.05) is 12.1 Å². The second-order valence-electron chi connectivity index (χ2n) is 9.25. The summed E-state index contributed by atoms with van der Waals surface area (Å²) in [5.41, 5.74) is 2.77. The third-order valence-electron chi connectivity index (χ3n) is 6.45. The van der Waals surface area contributed by atoms with Crippen LogP contribution in [-0.2, 0) is 6.54 Å². The molecular weight excluding hydrogens is 507 g/mol. The van der Waals surface area contributed by atoms with Crippen molar-refractivity contribution in [2.75, 3.05) is 12.1 Å². The molecule has 0 bridgehead atoms. The number of benzene rings is 2. The third-order valence-corrected chi connectivity index (χ3v) is 6.45. The lowest BCUT2D eigenvalue weighted by Crippen LogP contribution is -2.24. The van der Waals surface area contributed by atoms with Crippen LogP contribution in [0.25, 0.3) is 22.9 Å². The molecule has 7 rings (SSSR count). The van der Waals surface area contributed by atoms with Crippen LogP contribution in [0.15, 0.2) is 52.4 Å². The fourth-order valence-corrected chi connectivity index (χ4v) is 4.37. The molecule has 13 heteroatoms. The van der Waals surface area contributed by atoms with Crippen molar-refractivity contribution < 1.29 is 19.0 Å². The zero-order chi connectivity index (χ0) is 26.5. The summed E-state index contributed by atoms with van der Waals surface area (Å²) in [4.78, 5) is 30.3. The maximum atomic E-state index is 14.3. The SMILES string of the molecule is O=c1[nH]c(O)c(C=c2cnn3c(=NC4CC4)nc(NCc4ccc(F)cc4-c4ccc5c(c4)OCO5)nc23)[nH]1. The Morgan fingerprint density at radius 1 is 1.15 bits per heavy atom. The molecule has 1 aliphatic heterocycles. The fraction of sp³-hybridized carbons (Fsp3) is 0.192. The van der Waals surface area contributed by atoms with Crippen LogP contribution >= 0.6 is 0 Å². The molecule has 2 aliphatic rings. The van der Waals surface area contributed by atoms with E-state index in [1.165, 1.54) is 16.6 Å². The first-order valence-electron chi connectivity index (χ1n) is 12.2. The fourth-order valence-electron chi connectivity index (χ4n) is 4.37. The summed E-state index contributed by atoms with van der Waals surface area (Å²) in [6.07, 6.45) is 5.07. The molecule has 4 N–H and O–H groups in total. The van der Waals surface area contributed by atoms with E-state index in [-0.39, 0.29) is 30.2 Å². The average Bonchev–Trinajstić information content (AvgIpc) is 3.31. The summed E-state index contributed by atoms with van der Waals surface area (Å²) in [5.74, 6) is 0.899. The quantitative estimate of drug-likeness (QED) is 0.259. The van der Waals surface area contributed by atoms with Gasteiger partial charge in [-0.3, -0.25) is 4.98 Å². The molecule has 2 aromatic carbocycles. The summed E-state index contributed by atoms with van der Waals surface area (Å²) >= 11 is 0. The molecule has 4 heterocycles. The van der Waals surface area contributed by atoms with Crippen LogP contribution in [-0.4, -0.2) is 47.5 Å². The van der Waals surface area contributed by atoms with Crippen LogP contribution in [0, 0.1) is 5.82 Å². The van der Waals surface area contributed by atoms with E-state index in [2.05, 4.69) is 35.3 Å². The molecule has 39 heavy (non-hydrogen) atoms. The van der Waals surface area contributed by atoms with Crippen LogP contribution < -0.4 is 31.3 Å². The number of hydrogen-bond acceptors (Lipinski definition) is 9. The number of imidazole rings is 1. The van der Waals surface area contributed by atoms with Crippen molar-refractivity contribution in [2.45, 2.75) is 25.4 Å². The van der Waals surface area contributed by atoms with Gasteiger partial charge < -0.3 is 24.9 Å². The Kier molecular flexibility index (Phi) is 5.28. The molecule has 0 unspecified atom stereocenters. The lowest BCUT2D eigenvalue weighted by Gasteiger charge is -2.12. The number of aromatic amines is 2. The van der Waals surface area contributed by atoms with Gasteiger partial charge in [0.05, 0.1) is 12.2 Å². The Morgan fingerprint density at radius 3 is 2.85 bits per heavy atom. The van der Waals surface area contributed by atoms with Crippen molar-refractivity contribution in [2.24, 2.45) is 4.99 Å². The van der Waals surface area contributed by atoms with Gasteiger partial charge in [0.25, 0.3) is 5.62 Å². The maximum Gasteiger partial charge on any atom is 0.326 e. The molecule has 196 valence electrons. The monoisotopic (exact) mass is 528 g/mol. The Morgan fingerprint density at radius 2 is 2.03 bits per heavy atom. The number of H-pyrrole nitrogens is 2. The molecule has 0 atom stereocenters. The van der Waals surface area contributed by atoms with E-state index < -0.39 is 5.69 Å². The molecule has 0 radical (unpaired) electrons. The Labute approximate surface area is 218 Å². The summed E-state index contributed by atoms with van der Waals surface area (Å²) in [7, 11) is 0. The summed E-state index contributed by atoms with van der Waals surface area (Å²) in [6.45, 7) is 0.445. The van der Waals surface area contributed by atoms with Gasteiger partial charge in [-0.25, -0.2) is 14.2 Å². The molecule has 12 nitrogen and oxygen atoms in total. The van der Waals surface area contributed by atoms with Gasteiger partial charge in [0, 0.05) is 11.8 Å². The van der Waals surface area contributed by atoms with Gasteiger partial charge in [0.2, 0.25) is 18.6 Å². The Bertz CT molecular complexity index is 1920. The van der Waals surface area contributed by atoms with Crippen LogP contribution in [0.5, 0.6) is 17.4 Å². The summed E-state index contributed by atoms with van der Waals surface area (Å²) < 4.78 is 26.7. The molecule has 1 fully saturated rings. The summed E-state index contributed by atoms with van der Waals surface area (Å²) in [5, 5.41) is 18.1. The van der Waals surface area contributed by atoms with Gasteiger partial charge in [0.1, 0.15) is 11.5 Å². The number of ether oxygens (including phenoxy) is 2. The average molecular weight is 529 g/mol. The van der Waals surface area contributed by atoms with Crippen LogP contribution in [0.4, 0.5) is 10.3 Å². The number of nitrogens with zero attached hydrogens (tertiary/aromatic N) is 5. The smallest absolute Gasteiger partial charge is 0.326 e. The standard InChI is InChI=1S/C26H21FN8O4/c27-16-3-1-14(18(9-16)13-2-6-20-21(8-13)39-12-38-20)10-28-24-32-22-15(7-19-23(36)33-26(37)31-19)11-29-35(22)25(34-24)30-17-4-5-17/h1-3,6-9,11,17,36H,4-5,10,12H2,(H,28,30,34)(H2,31,33,37). The topological polar surface area (TPSA) is 155 Å². The lowest BCUT2D eigenvalue weighted by atomic mass is 9.99. The van der Waals surface area contributed by atoms with Crippen LogP contribution in [0.3, 0.4) is 0 Å². The van der Waals surface area contributed by atoms with E-state index in [4.69, 9.17) is 9.47 Å². The molecule has 1 aliphatic carbocycles. The van der Waals surface area contributed by atoms with Crippen molar-refractivity contribution in [3.8, 4) is 28.5 Å². The predicted octanol–water partition coefficient (Wildman–Crippen LogP) is 1.60. The Balaban J connectivity index is 1.27. The van der Waals surface area contributed by atoms with Gasteiger partial charge in [-0.15, -0.1) is 0 Å².